The van der Waals surface area contributed by atoms with Crippen LogP contribution >= 0.6 is 11.6 Å². The van der Waals surface area contributed by atoms with E-state index in [0.717, 1.165) is 17.3 Å². The fourth-order valence-corrected chi connectivity index (χ4v) is 1.49. The minimum absolute atomic E-state index is 0.731. The maximum Gasteiger partial charge on any atom is 0.109 e. The number of halogens is 1. The van der Waals surface area contributed by atoms with Crippen molar-refractivity contribution in [1.29, 1.82) is 0 Å². The van der Waals surface area contributed by atoms with Gasteiger partial charge >= 0.3 is 0 Å². The normalized spacial score (nSPS) is 14.7. The molecule has 1 heterocycles. The summed E-state index contributed by atoms with van der Waals surface area (Å²) in [7, 11) is 2.02. The van der Waals surface area contributed by atoms with Gasteiger partial charge in [-0.15, -0.1) is 0 Å². The Morgan fingerprint density at radius 1 is 1.50 bits per heavy atom. The number of fused-ring (bicyclic) bond motifs is 1. The topological polar surface area (TPSA) is 15.6 Å². The van der Waals surface area contributed by atoms with Crippen molar-refractivity contribution in [3.05, 3.63) is 28.8 Å². The minimum Gasteiger partial charge on any atom is -0.355 e. The third kappa shape index (κ3) is 1.18. The molecule has 0 saturated heterocycles. The molecule has 0 spiro atoms. The van der Waals surface area contributed by atoms with Crippen LogP contribution < -0.4 is 4.90 Å². The molecule has 0 radical (unpaired) electrons. The third-order valence-electron chi connectivity index (χ3n) is 1.92. The van der Waals surface area contributed by atoms with Gasteiger partial charge in [-0.25, -0.2) is 0 Å². The highest BCUT2D eigenvalue weighted by Gasteiger charge is 2.09. The van der Waals surface area contributed by atoms with E-state index in [1.54, 1.807) is 0 Å². The molecule has 0 aromatic heterocycles. The van der Waals surface area contributed by atoms with E-state index in [1.807, 2.05) is 31.5 Å². The molecule has 0 fully saturated rings. The Morgan fingerprint density at radius 3 is 3.17 bits per heavy atom. The second-order valence-corrected chi connectivity index (χ2v) is 3.29. The lowest BCUT2D eigenvalue weighted by molar-refractivity contribution is 0.923. The zero-order valence-electron chi connectivity index (χ0n) is 6.79. The van der Waals surface area contributed by atoms with E-state index in [4.69, 9.17) is 11.6 Å². The summed E-state index contributed by atoms with van der Waals surface area (Å²) in [5.74, 6) is 0. The van der Waals surface area contributed by atoms with Gasteiger partial charge < -0.3 is 4.90 Å². The van der Waals surface area contributed by atoms with Crippen molar-refractivity contribution in [3.8, 4) is 0 Å². The molecule has 0 atom stereocenters. The Hall–Kier alpha value is -1.02. The van der Waals surface area contributed by atoms with Crippen LogP contribution in [0.25, 0.3) is 0 Å². The first-order chi connectivity index (χ1) is 5.77. The quantitative estimate of drug-likeness (QED) is 0.598. The maximum absolute atomic E-state index is 5.84. The highest BCUT2D eigenvalue weighted by Crippen LogP contribution is 2.24. The summed E-state index contributed by atoms with van der Waals surface area (Å²) in [4.78, 5) is 6.27. The summed E-state index contributed by atoms with van der Waals surface area (Å²) in [6.07, 6.45) is 1.86. The van der Waals surface area contributed by atoms with E-state index >= 15 is 0 Å². The van der Waals surface area contributed by atoms with Gasteiger partial charge in [-0.05, 0) is 18.2 Å². The first-order valence-electron chi connectivity index (χ1n) is 3.78. The van der Waals surface area contributed by atoms with Crippen LogP contribution in [0.5, 0.6) is 0 Å². The molecule has 0 aliphatic carbocycles. The van der Waals surface area contributed by atoms with Gasteiger partial charge in [-0.1, -0.05) is 11.6 Å². The molecule has 62 valence electrons. The number of rotatable bonds is 0. The SMILES string of the molecule is CN1CN=Cc2cc(Cl)ccc21. The average molecular weight is 181 g/mol. The van der Waals surface area contributed by atoms with Crippen molar-refractivity contribution in [3.63, 3.8) is 0 Å². The molecule has 3 heteroatoms. The molecule has 0 N–H and O–H groups in total. The van der Waals surface area contributed by atoms with Gasteiger partial charge in [0.1, 0.15) is 6.67 Å². The zero-order chi connectivity index (χ0) is 8.55. The Kier molecular flexibility index (Phi) is 1.77. The van der Waals surface area contributed by atoms with E-state index in [9.17, 15) is 0 Å². The van der Waals surface area contributed by atoms with Crippen LogP contribution in [0, 0.1) is 0 Å². The molecular formula is C9H9ClN2. The second kappa shape index (κ2) is 2.79. The molecule has 1 aromatic rings. The fraction of sp³-hybridized carbons (Fsp3) is 0.222. The highest BCUT2D eigenvalue weighted by atomic mass is 35.5. The van der Waals surface area contributed by atoms with Crippen LogP contribution in [0.4, 0.5) is 5.69 Å². The molecule has 0 amide bonds. The molecule has 0 unspecified atom stereocenters. The molecule has 1 aliphatic heterocycles. The van der Waals surface area contributed by atoms with Crippen molar-refractivity contribution < 1.29 is 0 Å². The summed E-state index contributed by atoms with van der Waals surface area (Å²) in [6.45, 7) is 0.731. The van der Waals surface area contributed by atoms with E-state index < -0.39 is 0 Å². The Balaban J connectivity index is 2.55. The van der Waals surface area contributed by atoms with Crippen molar-refractivity contribution in [2.24, 2.45) is 4.99 Å². The van der Waals surface area contributed by atoms with Gasteiger partial charge in [-0.2, -0.15) is 0 Å². The summed E-state index contributed by atoms with van der Waals surface area (Å²) in [5, 5.41) is 0.760. The van der Waals surface area contributed by atoms with Crippen LogP contribution in [0.2, 0.25) is 5.02 Å². The van der Waals surface area contributed by atoms with E-state index in [0.29, 0.717) is 0 Å². The first kappa shape index (κ1) is 7.62. The number of aliphatic imine (C=N–C) groups is 1. The maximum atomic E-state index is 5.84. The van der Waals surface area contributed by atoms with Gasteiger partial charge in [0.2, 0.25) is 0 Å². The predicted octanol–water partition coefficient (Wildman–Crippen LogP) is 2.17. The van der Waals surface area contributed by atoms with E-state index in [1.165, 1.54) is 5.69 Å². The van der Waals surface area contributed by atoms with Gasteiger partial charge in [0, 0.05) is 29.5 Å². The van der Waals surface area contributed by atoms with E-state index in [-0.39, 0.29) is 0 Å². The van der Waals surface area contributed by atoms with Gasteiger partial charge in [0.15, 0.2) is 0 Å². The lowest BCUT2D eigenvalue weighted by atomic mass is 10.1. The molecule has 2 rings (SSSR count). The summed E-state index contributed by atoms with van der Waals surface area (Å²) in [5.41, 5.74) is 2.28. The van der Waals surface area contributed by atoms with Crippen LogP contribution in [-0.4, -0.2) is 19.9 Å². The lowest BCUT2D eigenvalue weighted by Crippen LogP contribution is -2.21. The van der Waals surface area contributed by atoms with Crippen LogP contribution in [0.1, 0.15) is 5.56 Å². The second-order valence-electron chi connectivity index (χ2n) is 2.85. The molecule has 0 bridgehead atoms. The van der Waals surface area contributed by atoms with Gasteiger partial charge in [-0.3, -0.25) is 4.99 Å². The van der Waals surface area contributed by atoms with Crippen LogP contribution in [0.3, 0.4) is 0 Å². The number of anilines is 1. The predicted molar refractivity (Wildman–Crippen MR) is 52.3 cm³/mol. The fourth-order valence-electron chi connectivity index (χ4n) is 1.31. The standard InChI is InChI=1S/C9H9ClN2/c1-12-6-11-5-7-4-8(10)2-3-9(7)12/h2-5H,6H2,1H3. The van der Waals surface area contributed by atoms with Crippen LogP contribution in [-0.2, 0) is 0 Å². The first-order valence-corrected chi connectivity index (χ1v) is 4.16. The van der Waals surface area contributed by atoms with Crippen molar-refractivity contribution in [2.75, 3.05) is 18.6 Å². The summed E-state index contributed by atoms with van der Waals surface area (Å²) >= 11 is 5.84. The molecule has 0 saturated carbocycles. The number of benzene rings is 1. The Bertz CT molecular complexity index is 333. The van der Waals surface area contributed by atoms with Crippen molar-refractivity contribution in [1.82, 2.24) is 0 Å². The van der Waals surface area contributed by atoms with E-state index in [2.05, 4.69) is 9.89 Å². The summed E-state index contributed by atoms with van der Waals surface area (Å²) < 4.78 is 0. The Morgan fingerprint density at radius 2 is 2.33 bits per heavy atom. The smallest absolute Gasteiger partial charge is 0.109 e. The van der Waals surface area contributed by atoms with Gasteiger partial charge in [0.25, 0.3) is 0 Å². The molecule has 1 aromatic carbocycles. The zero-order valence-corrected chi connectivity index (χ0v) is 7.54. The number of nitrogens with zero attached hydrogens (tertiary/aromatic N) is 2. The molecule has 2 nitrogen and oxygen atoms in total. The van der Waals surface area contributed by atoms with Crippen LogP contribution in [0.15, 0.2) is 23.2 Å². The highest BCUT2D eigenvalue weighted by molar-refractivity contribution is 6.31. The third-order valence-corrected chi connectivity index (χ3v) is 2.16. The number of hydrogen-bond acceptors (Lipinski definition) is 2. The monoisotopic (exact) mass is 180 g/mol. The summed E-state index contributed by atoms with van der Waals surface area (Å²) in [6, 6.07) is 5.84. The van der Waals surface area contributed by atoms with Crippen molar-refractivity contribution >= 4 is 23.5 Å². The van der Waals surface area contributed by atoms with Crippen molar-refractivity contribution in [2.45, 2.75) is 0 Å². The average Bonchev–Trinajstić information content (AvgIpc) is 2.04. The molecule has 1 aliphatic rings. The lowest BCUT2D eigenvalue weighted by Gasteiger charge is -2.22. The largest absolute Gasteiger partial charge is 0.355 e. The number of hydrogen-bond donors (Lipinski definition) is 0. The molecular weight excluding hydrogens is 172 g/mol. The minimum atomic E-state index is 0.731. The molecule has 12 heavy (non-hydrogen) atoms. The van der Waals surface area contributed by atoms with Gasteiger partial charge in [0.05, 0.1) is 0 Å². The Labute approximate surface area is 76.5 Å².